The molecule has 0 aromatic heterocycles. The maximum absolute atomic E-state index is 12.4. The summed E-state index contributed by atoms with van der Waals surface area (Å²) < 4.78 is 16.1. The molecule has 1 aliphatic carbocycles. The molecule has 2 amide bonds. The van der Waals surface area contributed by atoms with Crippen LogP contribution in [0.4, 0.5) is 4.79 Å². The number of carbonyl (C=O) groups excluding carboxylic acids is 2. The Balaban J connectivity index is 1.23. The van der Waals surface area contributed by atoms with Gasteiger partial charge in [0, 0.05) is 32.6 Å². The Morgan fingerprint density at radius 3 is 2.34 bits per heavy atom. The molecule has 3 atom stereocenters. The van der Waals surface area contributed by atoms with Gasteiger partial charge in [-0.1, -0.05) is 48.5 Å². The number of alkyl carbamates (subject to hydrolysis) is 1. The van der Waals surface area contributed by atoms with Gasteiger partial charge in [-0.15, -0.1) is 0 Å². The van der Waals surface area contributed by atoms with E-state index in [1.54, 1.807) is 0 Å². The van der Waals surface area contributed by atoms with Crippen molar-refractivity contribution >= 4 is 18.0 Å². The van der Waals surface area contributed by atoms with E-state index in [2.05, 4.69) is 34.9 Å². The molecule has 0 radical (unpaired) electrons. The number of carboxylic acids is 1. The number of hydrogen-bond acceptors (Lipinski definition) is 6. The molecular weight excluding hydrogens is 452 g/mol. The van der Waals surface area contributed by atoms with Gasteiger partial charge in [-0.25, -0.2) is 9.59 Å². The molecule has 35 heavy (non-hydrogen) atoms. The normalized spacial score (nSPS) is 19.5. The van der Waals surface area contributed by atoms with E-state index in [0.29, 0.717) is 12.8 Å². The highest BCUT2D eigenvalue weighted by Crippen LogP contribution is 2.44. The smallest absolute Gasteiger partial charge is 0.407 e. The van der Waals surface area contributed by atoms with Gasteiger partial charge in [0.25, 0.3) is 0 Å². The van der Waals surface area contributed by atoms with E-state index >= 15 is 0 Å². The highest BCUT2D eigenvalue weighted by molar-refractivity contribution is 5.86. The van der Waals surface area contributed by atoms with Crippen molar-refractivity contribution in [3.05, 3.63) is 59.7 Å². The molecule has 2 aromatic carbocycles. The molecule has 1 heterocycles. The molecule has 9 heteroatoms. The van der Waals surface area contributed by atoms with E-state index < -0.39 is 30.1 Å². The predicted molar refractivity (Wildman–Crippen MR) is 127 cm³/mol. The van der Waals surface area contributed by atoms with Crippen molar-refractivity contribution in [1.29, 1.82) is 0 Å². The zero-order chi connectivity index (χ0) is 24.8. The van der Waals surface area contributed by atoms with Gasteiger partial charge in [0.2, 0.25) is 5.91 Å². The summed E-state index contributed by atoms with van der Waals surface area (Å²) in [6.45, 7) is 0.635. The summed E-state index contributed by atoms with van der Waals surface area (Å²) in [7, 11) is 1.47. The topological polar surface area (TPSA) is 123 Å². The summed E-state index contributed by atoms with van der Waals surface area (Å²) in [4.78, 5) is 36.1. The van der Waals surface area contributed by atoms with Crippen molar-refractivity contribution in [3.8, 4) is 11.1 Å². The molecule has 2 aliphatic rings. The third kappa shape index (κ3) is 5.80. The van der Waals surface area contributed by atoms with Crippen molar-refractivity contribution in [1.82, 2.24) is 10.6 Å². The van der Waals surface area contributed by atoms with Gasteiger partial charge in [0.1, 0.15) is 18.8 Å². The molecule has 186 valence electrons. The van der Waals surface area contributed by atoms with Crippen LogP contribution in [0.3, 0.4) is 0 Å². The Kier molecular flexibility index (Phi) is 7.99. The average molecular weight is 483 g/mol. The quantitative estimate of drug-likeness (QED) is 0.476. The Labute approximate surface area is 203 Å². The molecule has 0 spiro atoms. The molecule has 1 aliphatic heterocycles. The zero-order valence-corrected chi connectivity index (χ0v) is 19.6. The largest absolute Gasteiger partial charge is 0.480 e. The predicted octanol–water partition coefficient (Wildman–Crippen LogP) is 2.68. The highest BCUT2D eigenvalue weighted by atomic mass is 16.6. The Morgan fingerprint density at radius 1 is 1.06 bits per heavy atom. The van der Waals surface area contributed by atoms with E-state index in [-0.39, 0.29) is 38.2 Å². The molecule has 3 N–H and O–H groups in total. The molecule has 9 nitrogen and oxygen atoms in total. The number of aliphatic carboxylic acids is 1. The lowest BCUT2D eigenvalue weighted by Gasteiger charge is -2.18. The minimum atomic E-state index is -1.12. The Hall–Kier alpha value is -3.43. The van der Waals surface area contributed by atoms with Gasteiger partial charge in [0.15, 0.2) is 0 Å². The summed E-state index contributed by atoms with van der Waals surface area (Å²) in [6, 6.07) is 15.2. The lowest BCUT2D eigenvalue weighted by atomic mass is 9.98. The lowest BCUT2D eigenvalue weighted by Crippen LogP contribution is -2.46. The summed E-state index contributed by atoms with van der Waals surface area (Å²) in [5.74, 6) is -1.62. The molecule has 1 saturated heterocycles. The lowest BCUT2D eigenvalue weighted by molar-refractivity contribution is -0.144. The van der Waals surface area contributed by atoms with Crippen molar-refractivity contribution in [2.24, 2.45) is 0 Å². The van der Waals surface area contributed by atoms with Crippen LogP contribution in [0, 0.1) is 0 Å². The summed E-state index contributed by atoms with van der Waals surface area (Å²) in [6.07, 6.45) is -0.482. The molecule has 2 aromatic rings. The zero-order valence-electron chi connectivity index (χ0n) is 19.6. The van der Waals surface area contributed by atoms with E-state index in [1.807, 2.05) is 24.3 Å². The highest BCUT2D eigenvalue weighted by Gasteiger charge is 2.33. The third-order valence-electron chi connectivity index (χ3n) is 6.44. The van der Waals surface area contributed by atoms with Gasteiger partial charge in [-0.2, -0.15) is 0 Å². The first kappa shape index (κ1) is 24.7. The number of carboxylic acid groups (broad SMARTS) is 1. The fourth-order valence-electron chi connectivity index (χ4n) is 4.65. The van der Waals surface area contributed by atoms with E-state index in [1.165, 1.54) is 7.11 Å². The monoisotopic (exact) mass is 482 g/mol. The average Bonchev–Trinajstić information content (AvgIpc) is 3.47. The molecule has 0 bridgehead atoms. The molecule has 0 saturated carbocycles. The van der Waals surface area contributed by atoms with Crippen LogP contribution >= 0.6 is 0 Å². The number of ether oxygens (including phenoxy) is 3. The van der Waals surface area contributed by atoms with Crippen molar-refractivity contribution < 1.29 is 33.7 Å². The van der Waals surface area contributed by atoms with Crippen molar-refractivity contribution in [3.63, 3.8) is 0 Å². The summed E-state index contributed by atoms with van der Waals surface area (Å²) in [5, 5.41) is 14.5. The molecule has 4 rings (SSSR count). The SMILES string of the molecule is COCCC(NC(=O)C1CCC(CNC(=O)OCC2c3ccccc3-c3ccccc32)O1)C(=O)O. The van der Waals surface area contributed by atoms with Gasteiger partial charge < -0.3 is 30.0 Å². The number of hydrogen-bond donors (Lipinski definition) is 3. The van der Waals surface area contributed by atoms with Crippen molar-refractivity contribution in [2.75, 3.05) is 26.9 Å². The number of benzene rings is 2. The van der Waals surface area contributed by atoms with Gasteiger partial charge >= 0.3 is 12.1 Å². The number of nitrogens with one attached hydrogen (secondary N) is 2. The van der Waals surface area contributed by atoms with Crippen LogP contribution in [-0.4, -0.2) is 68.2 Å². The van der Waals surface area contributed by atoms with E-state index in [4.69, 9.17) is 14.2 Å². The summed E-state index contributed by atoms with van der Waals surface area (Å²) in [5.41, 5.74) is 4.60. The van der Waals surface area contributed by atoms with Crippen molar-refractivity contribution in [2.45, 2.75) is 43.4 Å². The van der Waals surface area contributed by atoms with Gasteiger partial charge in [0.05, 0.1) is 6.10 Å². The maximum Gasteiger partial charge on any atom is 0.407 e. The van der Waals surface area contributed by atoms with Crippen LogP contribution in [0.15, 0.2) is 48.5 Å². The van der Waals surface area contributed by atoms with Crippen LogP contribution in [0.25, 0.3) is 11.1 Å². The number of carbonyl (C=O) groups is 3. The standard InChI is InChI=1S/C26H30N2O7/c1-33-13-12-22(25(30)31)28-24(29)23-11-10-16(35-23)14-27-26(32)34-15-21-19-8-4-2-6-17(19)18-7-3-5-9-20(18)21/h2-9,16,21-23H,10-15H2,1H3,(H,27,32)(H,28,29)(H,30,31). The van der Waals surface area contributed by atoms with E-state index in [9.17, 15) is 19.5 Å². The first-order valence-corrected chi connectivity index (χ1v) is 11.7. The summed E-state index contributed by atoms with van der Waals surface area (Å²) >= 11 is 0. The number of fused-ring (bicyclic) bond motifs is 3. The first-order chi connectivity index (χ1) is 17.0. The van der Waals surface area contributed by atoms with Crippen LogP contribution in [-0.2, 0) is 23.8 Å². The fraction of sp³-hybridized carbons (Fsp3) is 0.423. The Bertz CT molecular complexity index is 1030. The van der Waals surface area contributed by atoms with Crippen LogP contribution in [0.1, 0.15) is 36.3 Å². The number of amides is 2. The van der Waals surface area contributed by atoms with Crippen LogP contribution in [0.5, 0.6) is 0 Å². The van der Waals surface area contributed by atoms with Crippen LogP contribution in [0.2, 0.25) is 0 Å². The molecular formula is C26H30N2O7. The third-order valence-corrected chi connectivity index (χ3v) is 6.44. The maximum atomic E-state index is 12.4. The molecule has 3 unspecified atom stereocenters. The second kappa shape index (κ2) is 11.3. The fourth-order valence-corrected chi connectivity index (χ4v) is 4.65. The van der Waals surface area contributed by atoms with E-state index in [0.717, 1.165) is 22.3 Å². The van der Waals surface area contributed by atoms with Crippen LogP contribution < -0.4 is 10.6 Å². The van der Waals surface area contributed by atoms with Gasteiger partial charge in [-0.3, -0.25) is 4.79 Å². The number of rotatable bonds is 10. The minimum Gasteiger partial charge on any atom is -0.480 e. The molecule has 1 fully saturated rings. The second-order valence-electron chi connectivity index (χ2n) is 8.71. The minimum absolute atomic E-state index is 0.0238. The Morgan fingerprint density at radius 2 is 1.71 bits per heavy atom. The van der Waals surface area contributed by atoms with Gasteiger partial charge in [-0.05, 0) is 35.1 Å². The second-order valence-corrected chi connectivity index (χ2v) is 8.71. The first-order valence-electron chi connectivity index (χ1n) is 11.7. The number of methoxy groups -OCH3 is 1.